The van der Waals surface area contributed by atoms with E-state index in [4.69, 9.17) is 23.2 Å². The quantitative estimate of drug-likeness (QED) is 0.796. The average molecular weight is 399 g/mol. The summed E-state index contributed by atoms with van der Waals surface area (Å²) >= 11 is 13.2. The van der Waals surface area contributed by atoms with E-state index in [0.717, 1.165) is 17.2 Å². The Morgan fingerprint density at radius 3 is 2.40 bits per heavy atom. The number of rotatable bonds is 3. The largest absolute Gasteiger partial charge is 0.335 e. The van der Waals surface area contributed by atoms with Gasteiger partial charge in [-0.05, 0) is 30.1 Å². The molecule has 1 aliphatic rings. The Labute approximate surface area is 159 Å². The van der Waals surface area contributed by atoms with Gasteiger partial charge in [-0.1, -0.05) is 40.7 Å². The number of nitrogens with zero attached hydrogens (tertiary/aromatic N) is 4. The number of benzene rings is 1. The van der Waals surface area contributed by atoms with Gasteiger partial charge in [-0.25, -0.2) is 0 Å². The molecule has 0 saturated carbocycles. The third-order valence-electron chi connectivity index (χ3n) is 4.12. The zero-order valence-corrected chi connectivity index (χ0v) is 15.9. The van der Waals surface area contributed by atoms with Gasteiger partial charge in [-0.15, -0.1) is 5.10 Å². The highest BCUT2D eigenvalue weighted by Crippen LogP contribution is 2.27. The molecule has 2 amide bonds. The van der Waals surface area contributed by atoms with Gasteiger partial charge in [0.1, 0.15) is 4.88 Å². The summed E-state index contributed by atoms with van der Waals surface area (Å²) in [6.45, 7) is 3.76. The van der Waals surface area contributed by atoms with Gasteiger partial charge in [-0.3, -0.25) is 9.59 Å². The monoisotopic (exact) mass is 398 g/mol. The van der Waals surface area contributed by atoms with Crippen LogP contribution in [-0.2, 0) is 6.42 Å². The Morgan fingerprint density at radius 1 is 1.12 bits per heavy atom. The summed E-state index contributed by atoms with van der Waals surface area (Å²) < 4.78 is 3.86. The summed E-state index contributed by atoms with van der Waals surface area (Å²) in [5, 5.41) is 4.59. The minimum absolute atomic E-state index is 0.0697. The summed E-state index contributed by atoms with van der Waals surface area (Å²) in [5.74, 6) is -0.243. The number of hydrogen-bond donors (Lipinski definition) is 0. The maximum absolute atomic E-state index is 12.6. The van der Waals surface area contributed by atoms with Gasteiger partial charge in [0.25, 0.3) is 11.8 Å². The van der Waals surface area contributed by atoms with Crippen molar-refractivity contribution in [2.45, 2.75) is 13.3 Å². The molecule has 0 radical (unpaired) electrons. The lowest BCUT2D eigenvalue weighted by Gasteiger charge is -2.34. The zero-order chi connectivity index (χ0) is 18.0. The van der Waals surface area contributed by atoms with Gasteiger partial charge in [0.2, 0.25) is 0 Å². The first-order chi connectivity index (χ1) is 12.0. The first-order valence-corrected chi connectivity index (χ1v) is 9.39. The number of carbonyl (C=O) groups excluding carboxylic acids is 2. The van der Waals surface area contributed by atoms with E-state index in [2.05, 4.69) is 9.59 Å². The molecular weight excluding hydrogens is 383 g/mol. The lowest BCUT2D eigenvalue weighted by atomic mass is 10.1. The summed E-state index contributed by atoms with van der Waals surface area (Å²) in [5.41, 5.74) is 1.10. The van der Waals surface area contributed by atoms with E-state index in [9.17, 15) is 9.59 Å². The number of aromatic nitrogens is 2. The predicted octanol–water partition coefficient (Wildman–Crippen LogP) is 3.01. The van der Waals surface area contributed by atoms with Crippen LogP contribution in [0, 0.1) is 0 Å². The third kappa shape index (κ3) is 3.63. The van der Waals surface area contributed by atoms with Gasteiger partial charge in [0.15, 0.2) is 0 Å². The first-order valence-electron chi connectivity index (χ1n) is 7.86. The van der Waals surface area contributed by atoms with Crippen LogP contribution in [-0.4, -0.2) is 57.4 Å². The second-order valence-electron chi connectivity index (χ2n) is 5.59. The SMILES string of the molecule is CCc1nnsc1C(=O)N1CCN(C(=O)c2cccc(Cl)c2Cl)CC1. The highest BCUT2D eigenvalue weighted by molar-refractivity contribution is 7.08. The first kappa shape index (κ1) is 18.1. The number of amides is 2. The molecule has 2 heterocycles. The molecule has 0 unspecified atom stereocenters. The van der Waals surface area contributed by atoms with Crippen molar-refractivity contribution in [1.29, 1.82) is 0 Å². The molecule has 9 heteroatoms. The van der Waals surface area contributed by atoms with Crippen LogP contribution in [0.5, 0.6) is 0 Å². The molecular formula is C16H16Cl2N4O2S. The summed E-state index contributed by atoms with van der Waals surface area (Å²) in [4.78, 5) is 29.2. The number of aryl methyl sites for hydroxylation is 1. The van der Waals surface area contributed by atoms with E-state index < -0.39 is 0 Å². The predicted molar refractivity (Wildman–Crippen MR) is 97.6 cm³/mol. The molecule has 1 aromatic heterocycles. The van der Waals surface area contributed by atoms with E-state index in [1.165, 1.54) is 0 Å². The van der Waals surface area contributed by atoms with Crippen molar-refractivity contribution < 1.29 is 9.59 Å². The van der Waals surface area contributed by atoms with Crippen LogP contribution in [0.1, 0.15) is 32.6 Å². The molecule has 0 N–H and O–H groups in total. The molecule has 0 spiro atoms. The molecule has 3 rings (SSSR count). The van der Waals surface area contributed by atoms with Crippen molar-refractivity contribution in [1.82, 2.24) is 19.4 Å². The van der Waals surface area contributed by atoms with Crippen molar-refractivity contribution in [3.8, 4) is 0 Å². The maximum atomic E-state index is 12.6. The molecule has 1 aromatic carbocycles. The molecule has 0 bridgehead atoms. The minimum atomic E-state index is -0.173. The smallest absolute Gasteiger partial charge is 0.267 e. The van der Waals surface area contributed by atoms with E-state index in [1.807, 2.05) is 6.92 Å². The van der Waals surface area contributed by atoms with Crippen molar-refractivity contribution in [2.75, 3.05) is 26.2 Å². The van der Waals surface area contributed by atoms with Crippen molar-refractivity contribution in [3.05, 3.63) is 44.4 Å². The fraction of sp³-hybridized carbons (Fsp3) is 0.375. The van der Waals surface area contributed by atoms with Gasteiger partial charge < -0.3 is 9.80 Å². The second kappa shape index (κ2) is 7.68. The maximum Gasteiger partial charge on any atom is 0.267 e. The van der Waals surface area contributed by atoms with Crippen LogP contribution in [0.15, 0.2) is 18.2 Å². The second-order valence-corrected chi connectivity index (χ2v) is 7.13. The Morgan fingerprint density at radius 2 is 1.76 bits per heavy atom. The highest BCUT2D eigenvalue weighted by atomic mass is 35.5. The molecule has 132 valence electrons. The summed E-state index contributed by atoms with van der Waals surface area (Å²) in [7, 11) is 0. The van der Waals surface area contributed by atoms with Crippen LogP contribution in [0.2, 0.25) is 10.0 Å². The van der Waals surface area contributed by atoms with Crippen LogP contribution in [0.3, 0.4) is 0 Å². The van der Waals surface area contributed by atoms with Crippen molar-refractivity contribution >= 4 is 46.5 Å². The molecule has 0 aliphatic carbocycles. The van der Waals surface area contributed by atoms with E-state index in [-0.39, 0.29) is 16.8 Å². The molecule has 0 atom stereocenters. The minimum Gasteiger partial charge on any atom is -0.335 e. The molecule has 25 heavy (non-hydrogen) atoms. The standard InChI is InChI=1S/C16H16Cl2N4O2S/c1-2-12-14(25-20-19-12)16(24)22-8-6-21(7-9-22)15(23)10-4-3-5-11(17)13(10)18/h3-5H,2,6-9H2,1H3. The zero-order valence-electron chi connectivity index (χ0n) is 13.5. The number of piperazine rings is 1. The molecule has 1 aliphatic heterocycles. The number of carbonyl (C=O) groups is 2. The van der Waals surface area contributed by atoms with Crippen LogP contribution < -0.4 is 0 Å². The van der Waals surface area contributed by atoms with Crippen LogP contribution in [0.4, 0.5) is 0 Å². The Balaban J connectivity index is 1.66. The fourth-order valence-electron chi connectivity index (χ4n) is 2.70. The Kier molecular flexibility index (Phi) is 5.56. The Hall–Kier alpha value is -1.70. The molecule has 1 saturated heterocycles. The van der Waals surface area contributed by atoms with Gasteiger partial charge in [0.05, 0.1) is 21.3 Å². The fourth-order valence-corrected chi connectivity index (χ4v) is 3.80. The molecule has 2 aromatic rings. The van der Waals surface area contributed by atoms with E-state index in [1.54, 1.807) is 28.0 Å². The van der Waals surface area contributed by atoms with Gasteiger partial charge in [-0.2, -0.15) is 0 Å². The van der Waals surface area contributed by atoms with Crippen molar-refractivity contribution in [2.24, 2.45) is 0 Å². The van der Waals surface area contributed by atoms with Crippen LogP contribution in [0.25, 0.3) is 0 Å². The lowest BCUT2D eigenvalue weighted by molar-refractivity contribution is 0.0537. The Bertz CT molecular complexity index is 803. The third-order valence-corrected chi connectivity index (χ3v) is 5.70. The molecule has 6 nitrogen and oxygen atoms in total. The van der Waals surface area contributed by atoms with E-state index in [0.29, 0.717) is 48.1 Å². The normalized spacial score (nSPS) is 14.7. The average Bonchev–Trinajstić information content (AvgIpc) is 3.11. The summed E-state index contributed by atoms with van der Waals surface area (Å²) in [6, 6.07) is 5.00. The van der Waals surface area contributed by atoms with Crippen molar-refractivity contribution in [3.63, 3.8) is 0 Å². The molecule has 1 fully saturated rings. The topological polar surface area (TPSA) is 66.4 Å². The van der Waals surface area contributed by atoms with Gasteiger partial charge >= 0.3 is 0 Å². The lowest BCUT2D eigenvalue weighted by Crippen LogP contribution is -2.50. The van der Waals surface area contributed by atoms with E-state index >= 15 is 0 Å². The number of halogens is 2. The van der Waals surface area contributed by atoms with Gasteiger partial charge in [0, 0.05) is 26.2 Å². The number of hydrogen-bond acceptors (Lipinski definition) is 5. The highest BCUT2D eigenvalue weighted by Gasteiger charge is 2.28. The summed E-state index contributed by atoms with van der Waals surface area (Å²) in [6.07, 6.45) is 0.670. The van der Waals surface area contributed by atoms with Crippen LogP contribution >= 0.6 is 34.7 Å².